The van der Waals surface area contributed by atoms with E-state index in [0.29, 0.717) is 11.8 Å². The Kier molecular flexibility index (Phi) is 4.42. The number of anilines is 1. The van der Waals surface area contributed by atoms with E-state index in [2.05, 4.69) is 22.4 Å². The molecule has 0 spiro atoms. The van der Waals surface area contributed by atoms with Crippen molar-refractivity contribution in [2.75, 3.05) is 18.3 Å². The van der Waals surface area contributed by atoms with Crippen LogP contribution in [-0.4, -0.2) is 18.0 Å². The topological polar surface area (TPSA) is 34.1 Å². The molecule has 0 aliphatic heterocycles. The number of alkyl halides is 1. The van der Waals surface area contributed by atoms with Gasteiger partial charge in [0, 0.05) is 23.8 Å². The zero-order valence-corrected chi connectivity index (χ0v) is 10.9. The Labute approximate surface area is 112 Å². The van der Waals surface area contributed by atoms with Crippen molar-refractivity contribution in [3.05, 3.63) is 54.2 Å². The van der Waals surface area contributed by atoms with Crippen molar-refractivity contribution in [3.63, 3.8) is 0 Å². The number of methoxy groups -OCH3 is 1. The summed E-state index contributed by atoms with van der Waals surface area (Å²) < 4.78 is 5.09. The number of pyridine rings is 1. The number of ether oxygens (including phenoxy) is 1. The Bertz CT molecular complexity index is 490. The highest BCUT2D eigenvalue weighted by Crippen LogP contribution is 2.22. The van der Waals surface area contributed by atoms with E-state index in [1.54, 1.807) is 13.3 Å². The number of nitrogens with one attached hydrogen (secondary N) is 1. The fourth-order valence-corrected chi connectivity index (χ4v) is 1.96. The van der Waals surface area contributed by atoms with Crippen molar-refractivity contribution < 1.29 is 4.74 Å². The van der Waals surface area contributed by atoms with Crippen LogP contribution in [0.15, 0.2) is 48.7 Å². The lowest BCUT2D eigenvalue weighted by Crippen LogP contribution is -2.12. The first-order valence-electron chi connectivity index (χ1n) is 5.71. The van der Waals surface area contributed by atoms with Crippen LogP contribution in [-0.2, 0) is 0 Å². The van der Waals surface area contributed by atoms with Crippen molar-refractivity contribution in [3.8, 4) is 5.88 Å². The summed E-state index contributed by atoms with van der Waals surface area (Å²) in [6.45, 7) is 0. The van der Waals surface area contributed by atoms with E-state index in [1.165, 1.54) is 0 Å². The molecule has 1 aromatic carbocycles. The van der Waals surface area contributed by atoms with E-state index in [1.807, 2.05) is 30.3 Å². The molecule has 0 radical (unpaired) electrons. The Morgan fingerprint density at radius 2 is 2.06 bits per heavy atom. The SMILES string of the molecule is COc1cc(NC(CCl)c2ccccc2)ccn1. The smallest absolute Gasteiger partial charge is 0.214 e. The van der Waals surface area contributed by atoms with Gasteiger partial charge in [-0.1, -0.05) is 30.3 Å². The predicted octanol–water partition coefficient (Wildman–Crippen LogP) is 3.48. The molecular formula is C14H15ClN2O. The van der Waals surface area contributed by atoms with E-state index >= 15 is 0 Å². The minimum absolute atomic E-state index is 0.0694. The molecule has 0 bridgehead atoms. The van der Waals surface area contributed by atoms with Crippen LogP contribution in [0.4, 0.5) is 5.69 Å². The monoisotopic (exact) mass is 262 g/mol. The maximum Gasteiger partial charge on any atom is 0.214 e. The lowest BCUT2D eigenvalue weighted by Gasteiger charge is -2.18. The van der Waals surface area contributed by atoms with Crippen molar-refractivity contribution >= 4 is 17.3 Å². The highest BCUT2D eigenvalue weighted by atomic mass is 35.5. The zero-order valence-electron chi connectivity index (χ0n) is 10.1. The van der Waals surface area contributed by atoms with E-state index in [4.69, 9.17) is 16.3 Å². The quantitative estimate of drug-likeness (QED) is 0.838. The summed E-state index contributed by atoms with van der Waals surface area (Å²) in [4.78, 5) is 4.07. The third-order valence-corrected chi connectivity index (χ3v) is 2.95. The minimum Gasteiger partial charge on any atom is -0.481 e. The molecule has 0 aliphatic carbocycles. The molecule has 1 heterocycles. The molecule has 4 heteroatoms. The van der Waals surface area contributed by atoms with Gasteiger partial charge < -0.3 is 10.1 Å². The number of nitrogens with zero attached hydrogens (tertiary/aromatic N) is 1. The first kappa shape index (κ1) is 12.7. The maximum atomic E-state index is 6.02. The number of halogens is 1. The molecule has 3 nitrogen and oxygen atoms in total. The molecule has 94 valence electrons. The highest BCUT2D eigenvalue weighted by Gasteiger charge is 2.09. The average Bonchev–Trinajstić information content (AvgIpc) is 2.46. The Morgan fingerprint density at radius 1 is 1.28 bits per heavy atom. The molecule has 2 rings (SSSR count). The van der Waals surface area contributed by atoms with E-state index in [0.717, 1.165) is 11.3 Å². The molecule has 0 saturated carbocycles. The summed E-state index contributed by atoms with van der Waals surface area (Å²) in [5.74, 6) is 1.08. The number of benzene rings is 1. The summed E-state index contributed by atoms with van der Waals surface area (Å²) in [6.07, 6.45) is 1.71. The minimum atomic E-state index is 0.0694. The fourth-order valence-electron chi connectivity index (χ4n) is 1.71. The third kappa shape index (κ3) is 3.14. The van der Waals surface area contributed by atoms with Crippen LogP contribution < -0.4 is 10.1 Å². The normalized spacial score (nSPS) is 11.9. The molecular weight excluding hydrogens is 248 g/mol. The lowest BCUT2D eigenvalue weighted by molar-refractivity contribution is 0.398. The van der Waals surface area contributed by atoms with Crippen LogP contribution >= 0.6 is 11.6 Å². The zero-order chi connectivity index (χ0) is 12.8. The molecule has 0 amide bonds. The number of rotatable bonds is 5. The van der Waals surface area contributed by atoms with Crippen molar-refractivity contribution in [2.45, 2.75) is 6.04 Å². The maximum absolute atomic E-state index is 6.02. The lowest BCUT2D eigenvalue weighted by atomic mass is 10.1. The van der Waals surface area contributed by atoms with Crippen LogP contribution in [0.1, 0.15) is 11.6 Å². The summed E-state index contributed by atoms with van der Waals surface area (Å²) in [5, 5.41) is 3.37. The average molecular weight is 263 g/mol. The van der Waals surface area contributed by atoms with E-state index in [-0.39, 0.29) is 6.04 Å². The van der Waals surface area contributed by atoms with E-state index < -0.39 is 0 Å². The molecule has 1 unspecified atom stereocenters. The number of hydrogen-bond donors (Lipinski definition) is 1. The molecule has 1 atom stereocenters. The second-order valence-corrected chi connectivity index (χ2v) is 4.16. The molecule has 18 heavy (non-hydrogen) atoms. The number of aromatic nitrogens is 1. The highest BCUT2D eigenvalue weighted by molar-refractivity contribution is 6.18. The van der Waals surface area contributed by atoms with Gasteiger partial charge in [0.25, 0.3) is 0 Å². The van der Waals surface area contributed by atoms with Crippen LogP contribution in [0.2, 0.25) is 0 Å². The molecule has 1 aromatic heterocycles. The second-order valence-electron chi connectivity index (χ2n) is 3.85. The van der Waals surface area contributed by atoms with Gasteiger partial charge in [0.2, 0.25) is 5.88 Å². The third-order valence-electron chi connectivity index (χ3n) is 2.64. The van der Waals surface area contributed by atoms with Gasteiger partial charge in [-0.15, -0.1) is 11.6 Å². The van der Waals surface area contributed by atoms with Crippen LogP contribution in [0.25, 0.3) is 0 Å². The van der Waals surface area contributed by atoms with Gasteiger partial charge in [-0.05, 0) is 11.6 Å². The standard InChI is InChI=1S/C14H15ClN2O/c1-18-14-9-12(7-8-16-14)17-13(10-15)11-5-3-2-4-6-11/h2-9,13H,10H2,1H3,(H,16,17). The summed E-state index contributed by atoms with van der Waals surface area (Å²) in [5.41, 5.74) is 2.10. The first-order valence-corrected chi connectivity index (χ1v) is 6.24. The summed E-state index contributed by atoms with van der Waals surface area (Å²) in [7, 11) is 1.60. The Hall–Kier alpha value is -1.74. The van der Waals surface area contributed by atoms with Crippen LogP contribution in [0.5, 0.6) is 5.88 Å². The molecule has 2 aromatic rings. The second kappa shape index (κ2) is 6.26. The van der Waals surface area contributed by atoms with Gasteiger partial charge in [-0.25, -0.2) is 4.98 Å². The van der Waals surface area contributed by atoms with Gasteiger partial charge in [0.15, 0.2) is 0 Å². The van der Waals surface area contributed by atoms with Crippen LogP contribution in [0, 0.1) is 0 Å². The summed E-state index contributed by atoms with van der Waals surface area (Å²) >= 11 is 6.02. The summed E-state index contributed by atoms with van der Waals surface area (Å²) in [6, 6.07) is 13.9. The van der Waals surface area contributed by atoms with Gasteiger partial charge >= 0.3 is 0 Å². The van der Waals surface area contributed by atoms with Gasteiger partial charge in [-0.2, -0.15) is 0 Å². The van der Waals surface area contributed by atoms with E-state index in [9.17, 15) is 0 Å². The van der Waals surface area contributed by atoms with Crippen molar-refractivity contribution in [1.82, 2.24) is 4.98 Å². The molecule has 0 saturated heterocycles. The van der Waals surface area contributed by atoms with Crippen molar-refractivity contribution in [1.29, 1.82) is 0 Å². The van der Waals surface area contributed by atoms with Gasteiger partial charge in [0.1, 0.15) is 0 Å². The number of hydrogen-bond acceptors (Lipinski definition) is 3. The Balaban J connectivity index is 2.15. The molecule has 0 fully saturated rings. The Morgan fingerprint density at radius 3 is 2.72 bits per heavy atom. The largest absolute Gasteiger partial charge is 0.481 e. The van der Waals surface area contributed by atoms with Crippen LogP contribution in [0.3, 0.4) is 0 Å². The molecule has 1 N–H and O–H groups in total. The van der Waals surface area contributed by atoms with Gasteiger partial charge in [0.05, 0.1) is 13.2 Å². The molecule has 0 aliphatic rings. The first-order chi connectivity index (χ1) is 8.83. The van der Waals surface area contributed by atoms with Gasteiger partial charge in [-0.3, -0.25) is 0 Å². The van der Waals surface area contributed by atoms with Crippen molar-refractivity contribution in [2.24, 2.45) is 0 Å². The fraction of sp³-hybridized carbons (Fsp3) is 0.214. The predicted molar refractivity (Wildman–Crippen MR) is 74.3 cm³/mol.